The van der Waals surface area contributed by atoms with Gasteiger partial charge >= 0.3 is 5.97 Å². The summed E-state index contributed by atoms with van der Waals surface area (Å²) in [6, 6.07) is -0.124. The van der Waals surface area contributed by atoms with E-state index in [1.165, 1.54) is 20.0 Å². The molecule has 2 N–H and O–H groups in total. The van der Waals surface area contributed by atoms with Gasteiger partial charge in [0.25, 0.3) is 0 Å². The third kappa shape index (κ3) is 2.74. The largest absolute Gasteiger partial charge is 0.468 e. The fourth-order valence-corrected chi connectivity index (χ4v) is 2.25. The van der Waals surface area contributed by atoms with E-state index in [0.717, 1.165) is 25.8 Å². The second kappa shape index (κ2) is 4.72. The van der Waals surface area contributed by atoms with Gasteiger partial charge in [0, 0.05) is 13.2 Å². The van der Waals surface area contributed by atoms with Crippen molar-refractivity contribution in [3.63, 3.8) is 0 Å². The van der Waals surface area contributed by atoms with Crippen molar-refractivity contribution < 1.29 is 14.6 Å². The van der Waals surface area contributed by atoms with Gasteiger partial charge in [-0.2, -0.15) is 0 Å². The molecule has 0 saturated heterocycles. The van der Waals surface area contributed by atoms with Gasteiger partial charge in [0.05, 0.1) is 7.11 Å². The van der Waals surface area contributed by atoms with E-state index in [1.807, 2.05) is 0 Å². The molecule has 0 aromatic rings. The number of hydrogen-bond donors (Lipinski definition) is 2. The van der Waals surface area contributed by atoms with Gasteiger partial charge in [0.2, 0.25) is 0 Å². The summed E-state index contributed by atoms with van der Waals surface area (Å²) in [6.45, 7) is 1.08. The van der Waals surface area contributed by atoms with Crippen LogP contribution < -0.4 is 5.32 Å². The highest BCUT2D eigenvalue weighted by molar-refractivity contribution is 5.76. The molecule has 2 saturated carbocycles. The lowest BCUT2D eigenvalue weighted by atomic mass is 10.0. The van der Waals surface area contributed by atoms with Crippen molar-refractivity contribution in [1.29, 1.82) is 0 Å². The SMILES string of the molecule is COC(=O)C(NCC1(CCO)CC1)C1CC1. The van der Waals surface area contributed by atoms with Gasteiger partial charge in [0.15, 0.2) is 0 Å². The number of carbonyl (C=O) groups excluding carboxylic acids is 1. The average molecular weight is 227 g/mol. The van der Waals surface area contributed by atoms with Crippen LogP contribution in [0, 0.1) is 11.3 Å². The van der Waals surface area contributed by atoms with Crippen molar-refractivity contribution in [2.75, 3.05) is 20.3 Å². The molecule has 0 bridgehead atoms. The first-order valence-electron chi connectivity index (χ1n) is 6.13. The van der Waals surface area contributed by atoms with Crippen molar-refractivity contribution in [2.45, 2.75) is 38.1 Å². The van der Waals surface area contributed by atoms with Gasteiger partial charge in [-0.3, -0.25) is 4.79 Å². The summed E-state index contributed by atoms with van der Waals surface area (Å²) < 4.78 is 4.81. The van der Waals surface area contributed by atoms with Gasteiger partial charge in [-0.15, -0.1) is 0 Å². The number of esters is 1. The second-order valence-corrected chi connectivity index (χ2v) is 5.19. The van der Waals surface area contributed by atoms with E-state index < -0.39 is 0 Å². The van der Waals surface area contributed by atoms with Crippen LogP contribution in [0.25, 0.3) is 0 Å². The molecule has 2 rings (SSSR count). The monoisotopic (exact) mass is 227 g/mol. The molecule has 4 nitrogen and oxygen atoms in total. The third-order valence-corrected chi connectivity index (χ3v) is 3.84. The molecule has 0 aromatic carbocycles. The quantitative estimate of drug-likeness (QED) is 0.628. The number of aliphatic hydroxyl groups excluding tert-OH is 1. The standard InChI is InChI=1S/C12H21NO3/c1-16-11(15)10(9-2-3-9)13-8-12(4-5-12)6-7-14/h9-10,13-14H,2-8H2,1H3. The maximum Gasteiger partial charge on any atom is 0.323 e. The average Bonchev–Trinajstić information content (AvgIpc) is 3.14. The van der Waals surface area contributed by atoms with Crippen LogP contribution in [0.3, 0.4) is 0 Å². The molecule has 16 heavy (non-hydrogen) atoms. The summed E-state index contributed by atoms with van der Waals surface area (Å²) in [7, 11) is 1.44. The van der Waals surface area contributed by atoms with E-state index in [9.17, 15) is 4.79 Å². The smallest absolute Gasteiger partial charge is 0.323 e. The first-order chi connectivity index (χ1) is 7.71. The Balaban J connectivity index is 1.80. The Hall–Kier alpha value is -0.610. The zero-order valence-electron chi connectivity index (χ0n) is 9.87. The Morgan fingerprint density at radius 1 is 1.56 bits per heavy atom. The van der Waals surface area contributed by atoms with Crippen molar-refractivity contribution in [3.05, 3.63) is 0 Å². The molecule has 0 aliphatic heterocycles. The summed E-state index contributed by atoms with van der Waals surface area (Å²) in [5, 5.41) is 12.3. The van der Waals surface area contributed by atoms with Crippen LogP contribution in [-0.4, -0.2) is 37.4 Å². The minimum atomic E-state index is -0.137. The van der Waals surface area contributed by atoms with Crippen LogP contribution in [0.1, 0.15) is 32.1 Å². The summed E-state index contributed by atoms with van der Waals surface area (Å²) in [5.74, 6) is 0.333. The molecule has 1 atom stereocenters. The van der Waals surface area contributed by atoms with Crippen molar-refractivity contribution >= 4 is 5.97 Å². The Labute approximate surface area is 96.4 Å². The molecule has 92 valence electrons. The topological polar surface area (TPSA) is 58.6 Å². The lowest BCUT2D eigenvalue weighted by Gasteiger charge is -2.20. The Morgan fingerprint density at radius 2 is 2.25 bits per heavy atom. The Bertz CT molecular complexity index is 259. The molecule has 0 heterocycles. The summed E-state index contributed by atoms with van der Waals surface area (Å²) in [5.41, 5.74) is 0.260. The normalized spacial score (nSPS) is 23.9. The van der Waals surface area contributed by atoms with Crippen LogP contribution in [0.2, 0.25) is 0 Å². The van der Waals surface area contributed by atoms with Gasteiger partial charge in [-0.05, 0) is 43.4 Å². The van der Waals surface area contributed by atoms with Crippen molar-refractivity contribution in [1.82, 2.24) is 5.32 Å². The highest BCUT2D eigenvalue weighted by atomic mass is 16.5. The number of nitrogens with one attached hydrogen (secondary N) is 1. The van der Waals surface area contributed by atoms with Crippen LogP contribution >= 0.6 is 0 Å². The lowest BCUT2D eigenvalue weighted by Crippen LogP contribution is -2.42. The van der Waals surface area contributed by atoms with Gasteiger partial charge in [-0.1, -0.05) is 0 Å². The number of hydrogen-bond acceptors (Lipinski definition) is 4. The van der Waals surface area contributed by atoms with Crippen LogP contribution in [0.5, 0.6) is 0 Å². The van der Waals surface area contributed by atoms with Crippen LogP contribution in [0.15, 0.2) is 0 Å². The molecule has 0 aromatic heterocycles. The zero-order valence-corrected chi connectivity index (χ0v) is 9.87. The molecule has 0 spiro atoms. The minimum absolute atomic E-state index is 0.124. The maximum atomic E-state index is 11.6. The van der Waals surface area contributed by atoms with Crippen molar-refractivity contribution in [3.8, 4) is 0 Å². The lowest BCUT2D eigenvalue weighted by molar-refractivity contribution is -0.143. The molecule has 0 radical (unpaired) electrons. The van der Waals surface area contributed by atoms with Crippen molar-refractivity contribution in [2.24, 2.45) is 11.3 Å². The Kier molecular flexibility index (Phi) is 3.50. The number of carbonyl (C=O) groups is 1. The van der Waals surface area contributed by atoms with Crippen LogP contribution in [0.4, 0.5) is 0 Å². The summed E-state index contributed by atoms with van der Waals surface area (Å²) >= 11 is 0. The van der Waals surface area contributed by atoms with Gasteiger partial charge < -0.3 is 15.2 Å². The third-order valence-electron chi connectivity index (χ3n) is 3.84. The van der Waals surface area contributed by atoms with E-state index in [1.54, 1.807) is 0 Å². The van der Waals surface area contributed by atoms with Gasteiger partial charge in [-0.25, -0.2) is 0 Å². The summed E-state index contributed by atoms with van der Waals surface area (Å²) in [6.07, 6.45) is 5.43. The first kappa shape index (κ1) is 11.9. The van der Waals surface area contributed by atoms with E-state index in [-0.39, 0.29) is 24.0 Å². The maximum absolute atomic E-state index is 11.6. The second-order valence-electron chi connectivity index (χ2n) is 5.19. The number of ether oxygens (including phenoxy) is 1. The van der Waals surface area contributed by atoms with Gasteiger partial charge in [0.1, 0.15) is 6.04 Å². The predicted octanol–water partition coefficient (Wildman–Crippen LogP) is 0.690. The fourth-order valence-electron chi connectivity index (χ4n) is 2.25. The number of rotatable bonds is 7. The van der Waals surface area contributed by atoms with E-state index in [2.05, 4.69) is 5.32 Å². The molecular formula is C12H21NO3. The molecular weight excluding hydrogens is 206 g/mol. The highest BCUT2D eigenvalue weighted by Gasteiger charge is 2.44. The van der Waals surface area contributed by atoms with E-state index in [4.69, 9.17) is 9.84 Å². The Morgan fingerprint density at radius 3 is 2.69 bits per heavy atom. The van der Waals surface area contributed by atoms with E-state index >= 15 is 0 Å². The fraction of sp³-hybridized carbons (Fsp3) is 0.917. The molecule has 2 aliphatic rings. The van der Waals surface area contributed by atoms with E-state index in [0.29, 0.717) is 5.92 Å². The zero-order chi connectivity index (χ0) is 11.6. The van der Waals surface area contributed by atoms with Crippen LogP contribution in [-0.2, 0) is 9.53 Å². The number of methoxy groups -OCH3 is 1. The minimum Gasteiger partial charge on any atom is -0.468 e. The molecule has 2 aliphatic carbocycles. The molecule has 1 unspecified atom stereocenters. The molecule has 2 fully saturated rings. The predicted molar refractivity (Wildman–Crippen MR) is 59.9 cm³/mol. The molecule has 0 amide bonds. The number of aliphatic hydroxyl groups is 1. The highest BCUT2D eigenvalue weighted by Crippen LogP contribution is 2.48. The first-order valence-corrected chi connectivity index (χ1v) is 6.13. The molecule has 4 heteroatoms. The summed E-state index contributed by atoms with van der Waals surface area (Å²) in [4.78, 5) is 11.6.